The van der Waals surface area contributed by atoms with Crippen LogP contribution in [0.3, 0.4) is 0 Å². The van der Waals surface area contributed by atoms with Crippen LogP contribution < -0.4 is 10.6 Å². The second kappa shape index (κ2) is 4.34. The van der Waals surface area contributed by atoms with E-state index in [-0.39, 0.29) is 17.9 Å². The van der Waals surface area contributed by atoms with Crippen molar-refractivity contribution in [2.45, 2.75) is 50.3 Å². The second-order valence-corrected chi connectivity index (χ2v) is 5.27. The first-order chi connectivity index (χ1) is 7.83. The fourth-order valence-electron chi connectivity index (χ4n) is 2.94. The molecule has 1 amide bonds. The number of carbonyl (C=O) groups excluding carboxylic acids is 1. The van der Waals surface area contributed by atoms with Gasteiger partial charge in [-0.3, -0.25) is 4.79 Å². The lowest BCUT2D eigenvalue weighted by Crippen LogP contribution is -2.44. The number of carbonyl (C=O) groups is 1. The Kier molecular flexibility index (Phi) is 2.86. The van der Waals surface area contributed by atoms with Gasteiger partial charge in [0.15, 0.2) is 0 Å². The Morgan fingerprint density at radius 2 is 2.19 bits per heavy atom. The number of ether oxygens (including phenoxy) is 1. The van der Waals surface area contributed by atoms with Crippen molar-refractivity contribution < 1.29 is 9.53 Å². The Hall–Kier alpha value is -0.610. The van der Waals surface area contributed by atoms with Gasteiger partial charge in [-0.05, 0) is 32.1 Å². The number of amides is 1. The summed E-state index contributed by atoms with van der Waals surface area (Å²) in [5.74, 6) is 0.422. The van der Waals surface area contributed by atoms with Gasteiger partial charge in [-0.15, -0.1) is 0 Å². The molecule has 1 heterocycles. The van der Waals surface area contributed by atoms with Crippen molar-refractivity contribution in [1.29, 1.82) is 0 Å². The van der Waals surface area contributed by atoms with Gasteiger partial charge in [0.1, 0.15) is 0 Å². The second-order valence-electron chi connectivity index (χ2n) is 5.27. The van der Waals surface area contributed by atoms with E-state index in [1.165, 1.54) is 19.3 Å². The molecule has 0 bridgehead atoms. The van der Waals surface area contributed by atoms with Crippen LogP contribution in [0.25, 0.3) is 0 Å². The van der Waals surface area contributed by atoms with E-state index in [0.29, 0.717) is 12.1 Å². The zero-order valence-electron chi connectivity index (χ0n) is 9.58. The van der Waals surface area contributed by atoms with Crippen molar-refractivity contribution in [1.82, 2.24) is 10.6 Å². The molecule has 0 aromatic carbocycles. The maximum absolute atomic E-state index is 12.0. The zero-order chi connectivity index (χ0) is 11.0. The summed E-state index contributed by atoms with van der Waals surface area (Å²) in [7, 11) is 0. The molecule has 0 radical (unpaired) electrons. The highest BCUT2D eigenvalue weighted by molar-refractivity contribution is 5.79. The average molecular weight is 224 g/mol. The van der Waals surface area contributed by atoms with Gasteiger partial charge in [0.25, 0.3) is 0 Å². The van der Waals surface area contributed by atoms with E-state index >= 15 is 0 Å². The SMILES string of the molecule is O=C(NC1CCC1)[C@H]1C[C@H]2NCCO[C@@H]2C1. The van der Waals surface area contributed by atoms with Crippen LogP contribution in [-0.4, -0.2) is 37.2 Å². The average Bonchev–Trinajstić information content (AvgIpc) is 2.66. The Morgan fingerprint density at radius 1 is 1.31 bits per heavy atom. The van der Waals surface area contributed by atoms with Crippen LogP contribution in [0.1, 0.15) is 32.1 Å². The topological polar surface area (TPSA) is 50.4 Å². The molecule has 3 atom stereocenters. The van der Waals surface area contributed by atoms with E-state index in [1.807, 2.05) is 0 Å². The van der Waals surface area contributed by atoms with E-state index in [4.69, 9.17) is 4.74 Å². The first kappa shape index (κ1) is 10.5. The molecule has 16 heavy (non-hydrogen) atoms. The van der Waals surface area contributed by atoms with E-state index in [2.05, 4.69) is 10.6 Å². The predicted octanol–water partition coefficient (Wildman–Crippen LogP) is 0.422. The molecule has 3 rings (SSSR count). The van der Waals surface area contributed by atoms with Crippen LogP contribution in [0.2, 0.25) is 0 Å². The summed E-state index contributed by atoms with van der Waals surface area (Å²) in [6.07, 6.45) is 5.72. The van der Waals surface area contributed by atoms with E-state index in [9.17, 15) is 4.79 Å². The molecule has 0 spiro atoms. The molecule has 90 valence electrons. The minimum atomic E-state index is 0.168. The lowest BCUT2D eigenvalue weighted by molar-refractivity contribution is -0.126. The summed E-state index contributed by atoms with van der Waals surface area (Å²) in [6, 6.07) is 0.870. The summed E-state index contributed by atoms with van der Waals surface area (Å²) < 4.78 is 5.69. The molecule has 4 nitrogen and oxygen atoms in total. The lowest BCUT2D eigenvalue weighted by Gasteiger charge is -2.27. The van der Waals surface area contributed by atoms with Crippen molar-refractivity contribution in [2.75, 3.05) is 13.2 Å². The summed E-state index contributed by atoms with van der Waals surface area (Å²) in [4.78, 5) is 12.0. The molecule has 2 aliphatic carbocycles. The third-order valence-corrected chi connectivity index (χ3v) is 4.17. The summed E-state index contributed by atoms with van der Waals surface area (Å²) in [5.41, 5.74) is 0. The van der Waals surface area contributed by atoms with E-state index < -0.39 is 0 Å². The summed E-state index contributed by atoms with van der Waals surface area (Å²) >= 11 is 0. The molecular formula is C12H20N2O2. The maximum Gasteiger partial charge on any atom is 0.223 e. The van der Waals surface area contributed by atoms with Crippen LogP contribution in [0.15, 0.2) is 0 Å². The highest BCUT2D eigenvalue weighted by atomic mass is 16.5. The number of nitrogens with one attached hydrogen (secondary N) is 2. The van der Waals surface area contributed by atoms with Crippen molar-refractivity contribution in [3.8, 4) is 0 Å². The number of hydrogen-bond donors (Lipinski definition) is 2. The molecule has 0 aromatic rings. The number of morpholine rings is 1. The lowest BCUT2D eigenvalue weighted by atomic mass is 9.92. The van der Waals surface area contributed by atoms with Crippen LogP contribution in [0.5, 0.6) is 0 Å². The molecule has 1 aliphatic heterocycles. The minimum Gasteiger partial charge on any atom is -0.375 e. The molecular weight excluding hydrogens is 204 g/mol. The Labute approximate surface area is 96.1 Å². The van der Waals surface area contributed by atoms with Crippen molar-refractivity contribution in [3.63, 3.8) is 0 Å². The van der Waals surface area contributed by atoms with Crippen LogP contribution in [-0.2, 0) is 9.53 Å². The van der Waals surface area contributed by atoms with Crippen LogP contribution in [0, 0.1) is 5.92 Å². The van der Waals surface area contributed by atoms with Gasteiger partial charge in [-0.25, -0.2) is 0 Å². The third kappa shape index (κ3) is 1.96. The molecule has 2 N–H and O–H groups in total. The molecule has 3 fully saturated rings. The molecule has 4 heteroatoms. The van der Waals surface area contributed by atoms with Gasteiger partial charge in [-0.2, -0.15) is 0 Å². The van der Waals surface area contributed by atoms with Gasteiger partial charge >= 0.3 is 0 Å². The Bertz CT molecular complexity index is 264. The maximum atomic E-state index is 12.0. The third-order valence-electron chi connectivity index (χ3n) is 4.17. The highest BCUT2D eigenvalue weighted by Crippen LogP contribution is 2.30. The first-order valence-electron chi connectivity index (χ1n) is 6.48. The predicted molar refractivity (Wildman–Crippen MR) is 60.0 cm³/mol. The zero-order valence-corrected chi connectivity index (χ0v) is 9.58. The van der Waals surface area contributed by atoms with Gasteiger partial charge in [0, 0.05) is 24.5 Å². The minimum absolute atomic E-state index is 0.168. The summed E-state index contributed by atoms with van der Waals surface area (Å²) in [5, 5.41) is 6.59. The van der Waals surface area contributed by atoms with Crippen molar-refractivity contribution in [3.05, 3.63) is 0 Å². The van der Waals surface area contributed by atoms with Gasteiger partial charge < -0.3 is 15.4 Å². The van der Waals surface area contributed by atoms with Crippen LogP contribution >= 0.6 is 0 Å². The smallest absolute Gasteiger partial charge is 0.223 e. The molecule has 0 aromatic heterocycles. The molecule has 3 aliphatic rings. The number of fused-ring (bicyclic) bond motifs is 1. The van der Waals surface area contributed by atoms with Crippen molar-refractivity contribution in [2.24, 2.45) is 5.92 Å². The number of hydrogen-bond acceptors (Lipinski definition) is 3. The van der Waals surface area contributed by atoms with Crippen molar-refractivity contribution >= 4 is 5.91 Å². The van der Waals surface area contributed by atoms with Gasteiger partial charge in [0.2, 0.25) is 5.91 Å². The monoisotopic (exact) mass is 224 g/mol. The Balaban J connectivity index is 1.53. The van der Waals surface area contributed by atoms with E-state index in [0.717, 1.165) is 26.0 Å². The fraction of sp³-hybridized carbons (Fsp3) is 0.917. The van der Waals surface area contributed by atoms with E-state index in [1.54, 1.807) is 0 Å². The number of rotatable bonds is 2. The molecule has 1 saturated heterocycles. The largest absolute Gasteiger partial charge is 0.375 e. The van der Waals surface area contributed by atoms with Gasteiger partial charge in [-0.1, -0.05) is 0 Å². The standard InChI is InChI=1S/C12H20N2O2/c15-12(14-9-2-1-3-9)8-6-10-11(7-8)16-5-4-13-10/h8-11,13H,1-7H2,(H,14,15)/t8-,10+,11+/m0/s1. The Morgan fingerprint density at radius 3 is 2.88 bits per heavy atom. The normalized spacial score (nSPS) is 38.9. The van der Waals surface area contributed by atoms with Crippen LogP contribution in [0.4, 0.5) is 0 Å². The fourth-order valence-corrected chi connectivity index (χ4v) is 2.94. The highest BCUT2D eigenvalue weighted by Gasteiger charge is 2.40. The molecule has 0 unspecified atom stereocenters. The van der Waals surface area contributed by atoms with Gasteiger partial charge in [0.05, 0.1) is 12.7 Å². The quantitative estimate of drug-likeness (QED) is 0.715. The first-order valence-corrected chi connectivity index (χ1v) is 6.48. The summed E-state index contributed by atoms with van der Waals surface area (Å²) in [6.45, 7) is 1.72. The molecule has 2 saturated carbocycles.